The maximum Gasteiger partial charge on any atom is 0.146 e. The summed E-state index contributed by atoms with van der Waals surface area (Å²) in [6.07, 6.45) is 4.67. The fourth-order valence-corrected chi connectivity index (χ4v) is 3.18. The molecule has 0 aromatic carbocycles. The molecule has 0 amide bonds. The van der Waals surface area contributed by atoms with Crippen molar-refractivity contribution in [2.75, 3.05) is 25.1 Å². The number of rotatable bonds is 3. The molecule has 1 aliphatic rings. The molecule has 0 aliphatic carbocycles. The van der Waals surface area contributed by atoms with Crippen LogP contribution in [0.2, 0.25) is 0 Å². The molecule has 2 unspecified atom stereocenters. The van der Waals surface area contributed by atoms with Crippen molar-refractivity contribution < 1.29 is 0 Å². The van der Waals surface area contributed by atoms with Crippen molar-refractivity contribution in [3.8, 4) is 0 Å². The second-order valence-electron chi connectivity index (χ2n) is 4.70. The van der Waals surface area contributed by atoms with Gasteiger partial charge in [-0.15, -0.1) is 0 Å². The van der Waals surface area contributed by atoms with Gasteiger partial charge in [-0.2, -0.15) is 11.8 Å². The van der Waals surface area contributed by atoms with Gasteiger partial charge in [0.2, 0.25) is 0 Å². The first-order chi connectivity index (χ1) is 8.16. The van der Waals surface area contributed by atoms with Gasteiger partial charge in [0.05, 0.1) is 6.04 Å². The lowest BCUT2D eigenvalue weighted by atomic mass is 10.1. The summed E-state index contributed by atoms with van der Waals surface area (Å²) in [6, 6.07) is 0.524. The van der Waals surface area contributed by atoms with Crippen LogP contribution in [0.4, 0.5) is 0 Å². The number of hydrogen-bond acceptors (Lipinski definition) is 5. The summed E-state index contributed by atoms with van der Waals surface area (Å²) < 4.78 is 0. The first kappa shape index (κ1) is 12.8. The molecular weight excluding hydrogens is 232 g/mol. The molecule has 17 heavy (non-hydrogen) atoms. The van der Waals surface area contributed by atoms with E-state index in [1.54, 1.807) is 0 Å². The molecule has 2 atom stereocenters. The largest absolute Gasteiger partial charge is 0.328 e. The van der Waals surface area contributed by atoms with Crippen LogP contribution in [0.15, 0.2) is 12.4 Å². The summed E-state index contributed by atoms with van der Waals surface area (Å²) in [5.41, 5.74) is 6.88. The molecule has 4 nitrogen and oxygen atoms in total. The van der Waals surface area contributed by atoms with Gasteiger partial charge in [0.15, 0.2) is 0 Å². The third kappa shape index (κ3) is 3.40. The average Bonchev–Trinajstić information content (AvgIpc) is 2.30. The molecule has 1 fully saturated rings. The zero-order valence-corrected chi connectivity index (χ0v) is 11.3. The number of nitrogens with zero attached hydrogens (tertiary/aromatic N) is 3. The SMILES string of the molecule is CC(N)Cc1cnc(C2CSCCN2C)nc1. The minimum Gasteiger partial charge on any atom is -0.328 e. The van der Waals surface area contributed by atoms with E-state index in [1.807, 2.05) is 31.1 Å². The van der Waals surface area contributed by atoms with Crippen LogP contribution in [0.25, 0.3) is 0 Å². The Labute approximate surface area is 107 Å². The minimum atomic E-state index is 0.164. The highest BCUT2D eigenvalue weighted by atomic mass is 32.2. The molecule has 2 N–H and O–H groups in total. The molecule has 94 valence electrons. The molecule has 2 rings (SSSR count). The average molecular weight is 252 g/mol. The Morgan fingerprint density at radius 3 is 2.82 bits per heavy atom. The molecule has 1 aromatic rings. The van der Waals surface area contributed by atoms with Crippen molar-refractivity contribution in [2.45, 2.75) is 25.4 Å². The number of hydrogen-bond donors (Lipinski definition) is 1. The summed E-state index contributed by atoms with van der Waals surface area (Å²) in [4.78, 5) is 11.3. The second kappa shape index (κ2) is 5.80. The Balaban J connectivity index is 2.06. The summed E-state index contributed by atoms with van der Waals surface area (Å²) in [5, 5.41) is 0. The fraction of sp³-hybridized carbons (Fsp3) is 0.667. The molecule has 0 saturated carbocycles. The highest BCUT2D eigenvalue weighted by molar-refractivity contribution is 7.99. The van der Waals surface area contributed by atoms with Gasteiger partial charge in [-0.1, -0.05) is 0 Å². The smallest absolute Gasteiger partial charge is 0.146 e. The van der Waals surface area contributed by atoms with Crippen molar-refractivity contribution >= 4 is 11.8 Å². The molecule has 1 aromatic heterocycles. The standard InChI is InChI=1S/C12H20N4S/c1-9(13)5-10-6-14-12(15-7-10)11-8-17-4-3-16(11)2/h6-7,9,11H,3-5,8,13H2,1-2H3. The van der Waals surface area contributed by atoms with Crippen molar-refractivity contribution in [3.05, 3.63) is 23.8 Å². The van der Waals surface area contributed by atoms with E-state index in [4.69, 9.17) is 5.73 Å². The first-order valence-electron chi connectivity index (χ1n) is 6.01. The van der Waals surface area contributed by atoms with Gasteiger partial charge in [-0.25, -0.2) is 9.97 Å². The van der Waals surface area contributed by atoms with Gasteiger partial charge in [0, 0.05) is 36.5 Å². The van der Waals surface area contributed by atoms with Crippen LogP contribution in [0, 0.1) is 0 Å². The van der Waals surface area contributed by atoms with Gasteiger partial charge in [-0.05, 0) is 26.0 Å². The van der Waals surface area contributed by atoms with Crippen molar-refractivity contribution in [3.63, 3.8) is 0 Å². The van der Waals surface area contributed by atoms with E-state index in [-0.39, 0.29) is 6.04 Å². The quantitative estimate of drug-likeness (QED) is 0.872. The van der Waals surface area contributed by atoms with E-state index >= 15 is 0 Å². The maximum atomic E-state index is 5.76. The van der Waals surface area contributed by atoms with E-state index in [0.29, 0.717) is 6.04 Å². The zero-order valence-electron chi connectivity index (χ0n) is 10.5. The van der Waals surface area contributed by atoms with E-state index in [1.165, 1.54) is 5.75 Å². The molecule has 2 heterocycles. The van der Waals surface area contributed by atoms with Gasteiger partial charge >= 0.3 is 0 Å². The zero-order chi connectivity index (χ0) is 12.3. The Kier molecular flexibility index (Phi) is 4.36. The molecule has 0 bridgehead atoms. The lowest BCUT2D eigenvalue weighted by Crippen LogP contribution is -2.33. The predicted molar refractivity (Wildman–Crippen MR) is 72.1 cm³/mol. The third-order valence-corrected chi connectivity index (χ3v) is 4.00. The van der Waals surface area contributed by atoms with Crippen molar-refractivity contribution in [1.82, 2.24) is 14.9 Å². The van der Waals surface area contributed by atoms with Gasteiger partial charge in [0.25, 0.3) is 0 Å². The lowest BCUT2D eigenvalue weighted by molar-refractivity contribution is 0.264. The molecule has 0 spiro atoms. The molecule has 5 heteroatoms. The van der Waals surface area contributed by atoms with Crippen molar-refractivity contribution in [2.24, 2.45) is 5.73 Å². The van der Waals surface area contributed by atoms with Gasteiger partial charge in [0.1, 0.15) is 5.82 Å². The molecule has 1 saturated heterocycles. The van der Waals surface area contributed by atoms with E-state index in [2.05, 4.69) is 21.9 Å². The Hall–Kier alpha value is -0.650. The first-order valence-corrected chi connectivity index (χ1v) is 7.16. The van der Waals surface area contributed by atoms with Gasteiger partial charge < -0.3 is 5.73 Å². The van der Waals surface area contributed by atoms with Crippen LogP contribution in [0.1, 0.15) is 24.4 Å². The van der Waals surface area contributed by atoms with Crippen LogP contribution in [-0.2, 0) is 6.42 Å². The monoisotopic (exact) mass is 252 g/mol. The molecular formula is C12H20N4S. The molecule has 0 radical (unpaired) electrons. The maximum absolute atomic E-state index is 5.76. The molecule has 1 aliphatic heterocycles. The van der Waals surface area contributed by atoms with Crippen LogP contribution >= 0.6 is 11.8 Å². The van der Waals surface area contributed by atoms with Crippen LogP contribution in [0.3, 0.4) is 0 Å². The third-order valence-electron chi connectivity index (χ3n) is 2.98. The van der Waals surface area contributed by atoms with Crippen LogP contribution in [0.5, 0.6) is 0 Å². The summed E-state index contributed by atoms with van der Waals surface area (Å²) >= 11 is 1.97. The summed E-state index contributed by atoms with van der Waals surface area (Å²) in [5.74, 6) is 3.23. The van der Waals surface area contributed by atoms with Crippen LogP contribution in [-0.4, -0.2) is 46.0 Å². The Morgan fingerprint density at radius 2 is 2.24 bits per heavy atom. The van der Waals surface area contributed by atoms with E-state index in [0.717, 1.165) is 30.1 Å². The second-order valence-corrected chi connectivity index (χ2v) is 5.85. The Morgan fingerprint density at radius 1 is 1.53 bits per heavy atom. The minimum absolute atomic E-state index is 0.164. The number of aromatic nitrogens is 2. The number of nitrogens with two attached hydrogens (primary N) is 1. The topological polar surface area (TPSA) is 55.0 Å². The van der Waals surface area contributed by atoms with Crippen LogP contribution < -0.4 is 5.73 Å². The highest BCUT2D eigenvalue weighted by Gasteiger charge is 2.23. The predicted octanol–water partition coefficient (Wildman–Crippen LogP) is 1.09. The highest BCUT2D eigenvalue weighted by Crippen LogP contribution is 2.25. The lowest BCUT2D eigenvalue weighted by Gasteiger charge is -2.30. The fourth-order valence-electron chi connectivity index (χ4n) is 1.97. The van der Waals surface area contributed by atoms with E-state index in [9.17, 15) is 0 Å². The van der Waals surface area contributed by atoms with Crippen molar-refractivity contribution in [1.29, 1.82) is 0 Å². The Bertz CT molecular complexity index is 352. The summed E-state index contributed by atoms with van der Waals surface area (Å²) in [6.45, 7) is 3.11. The summed E-state index contributed by atoms with van der Waals surface area (Å²) in [7, 11) is 2.14. The van der Waals surface area contributed by atoms with Gasteiger partial charge in [-0.3, -0.25) is 4.90 Å². The number of thioether (sulfide) groups is 1. The normalized spacial score (nSPS) is 23.6. The van der Waals surface area contributed by atoms with E-state index < -0.39 is 0 Å².